The van der Waals surface area contributed by atoms with Crippen molar-refractivity contribution in [3.05, 3.63) is 98.8 Å². The fourth-order valence-electron chi connectivity index (χ4n) is 4.32. The number of hydrogen-bond acceptors (Lipinski definition) is 6. The molecule has 0 saturated heterocycles. The van der Waals surface area contributed by atoms with Crippen LogP contribution in [0, 0.1) is 23.4 Å². The van der Waals surface area contributed by atoms with Gasteiger partial charge in [-0.05, 0) is 60.0 Å². The maximum Gasteiger partial charge on any atom is 0.419 e. The number of nitrogens with two attached hydrogens (primary N) is 2. The van der Waals surface area contributed by atoms with Crippen LogP contribution in [0.15, 0.2) is 59.6 Å². The Morgan fingerprint density at radius 1 is 0.933 bits per heavy atom. The van der Waals surface area contributed by atoms with E-state index in [2.05, 4.69) is 10.6 Å². The van der Waals surface area contributed by atoms with E-state index in [9.17, 15) is 36.3 Å². The van der Waals surface area contributed by atoms with E-state index in [-0.39, 0.29) is 26.7 Å². The first-order chi connectivity index (χ1) is 21.0. The van der Waals surface area contributed by atoms with Gasteiger partial charge in [0, 0.05) is 17.8 Å². The minimum Gasteiger partial charge on any atom is -0.403 e. The summed E-state index contributed by atoms with van der Waals surface area (Å²) in [5.74, 6) is -9.33. The van der Waals surface area contributed by atoms with Gasteiger partial charge < -0.3 is 21.7 Å². The molecule has 0 heterocycles. The Labute approximate surface area is 269 Å². The molecule has 1 saturated carbocycles. The molecule has 1 aliphatic rings. The van der Waals surface area contributed by atoms with Crippen LogP contribution in [0.1, 0.15) is 27.4 Å². The fraction of sp³-hybridized carbons (Fsp3) is 0.148. The molecule has 2 atom stereocenters. The molecule has 18 heteroatoms. The van der Waals surface area contributed by atoms with Crippen LogP contribution < -0.4 is 26.8 Å². The van der Waals surface area contributed by atoms with E-state index in [1.807, 2.05) is 5.32 Å². The SMILES string of the molecule is N/C=C(\SN)C(=O)Nc1c(F)ccc(NC(=O)c2cc(NC(=O)[C@H]3[C@H](c4ccc(F)c(C(F)(F)F)c4)C3(Cl)Cl)ccc2Cl)c1F. The highest BCUT2D eigenvalue weighted by Gasteiger charge is 2.67. The molecule has 4 rings (SSSR count). The van der Waals surface area contributed by atoms with E-state index >= 15 is 4.39 Å². The number of alkyl halides is 5. The highest BCUT2D eigenvalue weighted by molar-refractivity contribution is 8.01. The van der Waals surface area contributed by atoms with Crippen LogP contribution >= 0.6 is 46.8 Å². The molecule has 8 nitrogen and oxygen atoms in total. The summed E-state index contributed by atoms with van der Waals surface area (Å²) in [6, 6.07) is 7.37. The third-order valence-electron chi connectivity index (χ3n) is 6.55. The van der Waals surface area contributed by atoms with Gasteiger partial charge in [0.05, 0.1) is 27.8 Å². The van der Waals surface area contributed by atoms with Gasteiger partial charge in [0.1, 0.15) is 26.6 Å². The van der Waals surface area contributed by atoms with Crippen molar-refractivity contribution in [3.8, 4) is 0 Å². The van der Waals surface area contributed by atoms with Crippen molar-refractivity contribution in [2.75, 3.05) is 16.0 Å². The first-order valence-corrected chi connectivity index (χ1v) is 14.3. The van der Waals surface area contributed by atoms with Crippen LogP contribution in [0.3, 0.4) is 0 Å². The summed E-state index contributed by atoms with van der Waals surface area (Å²) in [6.07, 6.45) is -4.18. The van der Waals surface area contributed by atoms with Crippen LogP contribution in [-0.2, 0) is 15.8 Å². The first-order valence-electron chi connectivity index (χ1n) is 12.2. The van der Waals surface area contributed by atoms with Gasteiger partial charge in [-0.2, -0.15) is 13.2 Å². The molecule has 3 amide bonds. The number of nitrogens with one attached hydrogen (secondary N) is 3. The molecule has 238 valence electrons. The van der Waals surface area contributed by atoms with Gasteiger partial charge in [0.25, 0.3) is 11.8 Å². The van der Waals surface area contributed by atoms with Gasteiger partial charge in [-0.15, -0.1) is 23.2 Å². The van der Waals surface area contributed by atoms with Gasteiger partial charge in [-0.25, -0.2) is 13.2 Å². The zero-order valence-electron chi connectivity index (χ0n) is 22.0. The molecule has 0 spiro atoms. The summed E-state index contributed by atoms with van der Waals surface area (Å²) < 4.78 is 80.9. The van der Waals surface area contributed by atoms with E-state index in [1.54, 1.807) is 0 Å². The van der Waals surface area contributed by atoms with E-state index in [4.69, 9.17) is 45.7 Å². The Morgan fingerprint density at radius 3 is 2.22 bits per heavy atom. The highest BCUT2D eigenvalue weighted by atomic mass is 35.5. The summed E-state index contributed by atoms with van der Waals surface area (Å²) in [7, 11) is 0. The lowest BCUT2D eigenvalue weighted by atomic mass is 10.0. The van der Waals surface area contributed by atoms with Gasteiger partial charge in [0.2, 0.25) is 5.91 Å². The predicted molar refractivity (Wildman–Crippen MR) is 159 cm³/mol. The van der Waals surface area contributed by atoms with E-state index < -0.39 is 74.5 Å². The normalized spacial score (nSPS) is 17.4. The fourth-order valence-corrected chi connectivity index (χ4v) is 5.58. The molecule has 3 aromatic carbocycles. The summed E-state index contributed by atoms with van der Waals surface area (Å²) >= 11 is 19.0. The van der Waals surface area contributed by atoms with Crippen molar-refractivity contribution < 1.29 is 40.7 Å². The molecular weight excluding hydrogens is 695 g/mol. The molecule has 45 heavy (non-hydrogen) atoms. The number of carbonyl (C=O) groups is 3. The molecule has 0 radical (unpaired) electrons. The summed E-state index contributed by atoms with van der Waals surface area (Å²) in [5, 5.41) is 11.7. The minimum absolute atomic E-state index is 0.0349. The van der Waals surface area contributed by atoms with Crippen LogP contribution in [0.5, 0.6) is 0 Å². The van der Waals surface area contributed by atoms with Crippen molar-refractivity contribution in [2.24, 2.45) is 16.8 Å². The smallest absolute Gasteiger partial charge is 0.403 e. The molecule has 1 aliphatic carbocycles. The number of anilines is 3. The van der Waals surface area contributed by atoms with Gasteiger partial charge >= 0.3 is 6.18 Å². The van der Waals surface area contributed by atoms with Crippen LogP contribution in [-0.4, -0.2) is 22.1 Å². The number of amides is 3. The number of halogens is 9. The first kappa shape index (κ1) is 34.2. The van der Waals surface area contributed by atoms with Crippen LogP contribution in [0.25, 0.3) is 0 Å². The predicted octanol–water partition coefficient (Wildman–Crippen LogP) is 6.90. The second kappa shape index (κ2) is 13.0. The van der Waals surface area contributed by atoms with Crippen LogP contribution in [0.2, 0.25) is 5.02 Å². The van der Waals surface area contributed by atoms with E-state index in [0.717, 1.165) is 30.5 Å². The van der Waals surface area contributed by atoms with Crippen molar-refractivity contribution in [1.29, 1.82) is 0 Å². The molecule has 0 bridgehead atoms. The Kier molecular flexibility index (Phi) is 9.90. The van der Waals surface area contributed by atoms with Crippen molar-refractivity contribution >= 4 is 81.5 Å². The average molecular weight is 713 g/mol. The molecule has 0 aliphatic heterocycles. The summed E-state index contributed by atoms with van der Waals surface area (Å²) in [5.41, 5.74) is 1.77. The second-order valence-corrected chi connectivity index (χ2v) is 11.9. The largest absolute Gasteiger partial charge is 0.419 e. The van der Waals surface area contributed by atoms with Gasteiger partial charge in [0.15, 0.2) is 5.82 Å². The lowest BCUT2D eigenvalue weighted by molar-refractivity contribution is -0.140. The number of carbonyl (C=O) groups excluding carboxylic acids is 3. The second-order valence-electron chi connectivity index (χ2n) is 9.39. The zero-order chi connectivity index (χ0) is 33.4. The van der Waals surface area contributed by atoms with Crippen LogP contribution in [0.4, 0.5) is 43.4 Å². The lowest BCUT2D eigenvalue weighted by Crippen LogP contribution is -2.19. The lowest BCUT2D eigenvalue weighted by Gasteiger charge is -2.14. The maximum absolute atomic E-state index is 15.1. The highest BCUT2D eigenvalue weighted by Crippen LogP contribution is 2.65. The van der Waals surface area contributed by atoms with Gasteiger partial charge in [-0.1, -0.05) is 17.7 Å². The third-order valence-corrected chi connectivity index (χ3v) is 8.39. The van der Waals surface area contributed by atoms with Crippen molar-refractivity contribution in [1.82, 2.24) is 0 Å². The molecule has 0 unspecified atom stereocenters. The Bertz CT molecular complexity index is 1740. The standard InChI is InChI=1S/C27H18Cl3F6N5O3S/c28-14-3-2-11(39-25(44)20-19(26(20,29)30)10-1-4-15(31)13(7-10)27(34,35)36)8-12(14)23(42)40-17-6-5-16(32)22(21(17)33)41-24(43)18(9-37)45-38/h1-9,19-20H,37-38H2,(H,39,44)(H,40,42)(H,41,43)/b18-9-/t19-,20+/m0/s1. The summed E-state index contributed by atoms with van der Waals surface area (Å²) in [6.45, 7) is 0. The monoisotopic (exact) mass is 711 g/mol. The Hall–Kier alpha value is -3.63. The van der Waals surface area contributed by atoms with Crippen molar-refractivity contribution in [2.45, 2.75) is 16.4 Å². The number of rotatable bonds is 8. The minimum atomic E-state index is -5.00. The molecule has 1 fully saturated rings. The Balaban J connectivity index is 1.52. The molecule has 7 N–H and O–H groups in total. The number of hydrogen-bond donors (Lipinski definition) is 5. The third kappa shape index (κ3) is 7.12. The summed E-state index contributed by atoms with van der Waals surface area (Å²) in [4.78, 5) is 37.9. The maximum atomic E-state index is 15.1. The molecular formula is C27H18Cl3F6N5O3S. The molecule has 3 aromatic rings. The average Bonchev–Trinajstić information content (AvgIpc) is 3.55. The zero-order valence-corrected chi connectivity index (χ0v) is 25.1. The Morgan fingerprint density at radius 2 is 1.60 bits per heavy atom. The van der Waals surface area contributed by atoms with Gasteiger partial charge in [-0.3, -0.25) is 19.5 Å². The quantitative estimate of drug-likeness (QED) is 0.0746. The van der Waals surface area contributed by atoms with Crippen molar-refractivity contribution in [3.63, 3.8) is 0 Å². The van der Waals surface area contributed by atoms with E-state index in [0.29, 0.717) is 24.1 Å². The molecule has 0 aromatic heterocycles. The van der Waals surface area contributed by atoms with E-state index in [1.165, 1.54) is 12.1 Å². The number of benzene rings is 3. The topological polar surface area (TPSA) is 139 Å².